The van der Waals surface area contributed by atoms with Crippen molar-refractivity contribution in [3.63, 3.8) is 0 Å². The third kappa shape index (κ3) is 8.39. The number of fused-ring (bicyclic) bond motifs is 3. The highest BCUT2D eigenvalue weighted by Gasteiger charge is 2.51. The number of methoxy groups -OCH3 is 2. The van der Waals surface area contributed by atoms with Crippen molar-refractivity contribution >= 4 is 34.8 Å². The molecule has 1 aliphatic heterocycles. The van der Waals surface area contributed by atoms with Gasteiger partial charge in [0.15, 0.2) is 0 Å². The number of nitrogens with zero attached hydrogens (tertiary/aromatic N) is 4. The maximum atomic E-state index is 14.0. The molecule has 2 aliphatic rings. The molecule has 3 aromatic carbocycles. The van der Waals surface area contributed by atoms with Crippen LogP contribution in [-0.4, -0.2) is 92.6 Å². The van der Waals surface area contributed by atoms with Gasteiger partial charge >= 0.3 is 12.2 Å². The molecule has 310 valence electrons. The first-order chi connectivity index (χ1) is 28.4. The molecule has 0 unspecified atom stereocenters. The van der Waals surface area contributed by atoms with Crippen molar-refractivity contribution in [1.29, 1.82) is 0 Å². The molecule has 4 N–H and O–H groups in total. The van der Waals surface area contributed by atoms with E-state index >= 15 is 0 Å². The van der Waals surface area contributed by atoms with Gasteiger partial charge in [-0.15, -0.1) is 0 Å². The Labute approximate surface area is 344 Å². The maximum absolute atomic E-state index is 14.0. The van der Waals surface area contributed by atoms with Crippen LogP contribution < -0.4 is 10.6 Å². The zero-order valence-electron chi connectivity index (χ0n) is 34.7. The number of ether oxygens (including phenoxy) is 2. The van der Waals surface area contributed by atoms with Gasteiger partial charge in [0.05, 0.1) is 50.1 Å². The number of carbonyl (C=O) groups is 4. The lowest BCUT2D eigenvalue weighted by atomic mass is 9.95. The van der Waals surface area contributed by atoms with Crippen molar-refractivity contribution in [1.82, 2.24) is 40.4 Å². The molecule has 0 spiro atoms. The Hall–Kier alpha value is -6.18. The second-order valence-corrected chi connectivity index (χ2v) is 16.1. The summed E-state index contributed by atoms with van der Waals surface area (Å²) in [5.74, 6) is 1.33. The van der Waals surface area contributed by atoms with E-state index in [0.717, 1.165) is 75.9 Å². The van der Waals surface area contributed by atoms with Crippen LogP contribution >= 0.6 is 0 Å². The number of rotatable bonds is 13. The van der Waals surface area contributed by atoms with E-state index in [9.17, 15) is 19.2 Å². The van der Waals surface area contributed by atoms with Gasteiger partial charge in [-0.1, -0.05) is 69.3 Å². The summed E-state index contributed by atoms with van der Waals surface area (Å²) in [6, 6.07) is 19.3. The molecule has 6 atom stereocenters. The Kier molecular flexibility index (Phi) is 12.1. The second kappa shape index (κ2) is 17.4. The molecular formula is C45H54N8O6. The molecule has 7 rings (SSSR count). The first kappa shape index (κ1) is 41.0. The monoisotopic (exact) mass is 802 g/mol. The number of piperidine rings is 1. The fourth-order valence-corrected chi connectivity index (χ4v) is 8.71. The predicted molar refractivity (Wildman–Crippen MR) is 225 cm³/mol. The highest BCUT2D eigenvalue weighted by molar-refractivity contribution is 5.91. The summed E-state index contributed by atoms with van der Waals surface area (Å²) in [7, 11) is 2.57. The van der Waals surface area contributed by atoms with E-state index in [2.05, 4.69) is 91.0 Å². The predicted octanol–water partition coefficient (Wildman–Crippen LogP) is 7.76. The van der Waals surface area contributed by atoms with Crippen LogP contribution in [0.4, 0.5) is 9.59 Å². The molecule has 3 heterocycles. The average Bonchev–Trinajstić information content (AvgIpc) is 4.09. The minimum Gasteiger partial charge on any atom is -0.453 e. The molecular weight excluding hydrogens is 749 g/mol. The Morgan fingerprint density at radius 3 is 2.08 bits per heavy atom. The second-order valence-electron chi connectivity index (χ2n) is 16.1. The Bertz CT molecular complexity index is 2320. The molecule has 1 saturated carbocycles. The molecule has 4 amide bonds. The number of aromatic amines is 2. The summed E-state index contributed by atoms with van der Waals surface area (Å²) in [6.07, 6.45) is 6.04. The van der Waals surface area contributed by atoms with E-state index in [1.165, 1.54) is 14.2 Å². The molecule has 2 fully saturated rings. The third-order valence-corrected chi connectivity index (χ3v) is 11.9. The first-order valence-electron chi connectivity index (χ1n) is 20.5. The lowest BCUT2D eigenvalue weighted by Crippen LogP contribution is -2.54. The van der Waals surface area contributed by atoms with Crippen LogP contribution in [0.15, 0.2) is 73.1 Å². The van der Waals surface area contributed by atoms with Gasteiger partial charge < -0.3 is 39.9 Å². The number of H-pyrrole nitrogens is 2. The van der Waals surface area contributed by atoms with Crippen molar-refractivity contribution in [3.8, 4) is 33.6 Å². The number of amides is 4. The Morgan fingerprint density at radius 2 is 1.41 bits per heavy atom. The van der Waals surface area contributed by atoms with E-state index < -0.39 is 24.3 Å². The minimum atomic E-state index is -0.744. The van der Waals surface area contributed by atoms with Gasteiger partial charge in [0.1, 0.15) is 23.7 Å². The third-order valence-electron chi connectivity index (χ3n) is 11.9. The number of aromatic nitrogens is 4. The highest BCUT2D eigenvalue weighted by atomic mass is 16.5. The van der Waals surface area contributed by atoms with Crippen LogP contribution in [0, 0.1) is 11.8 Å². The number of imidazole rings is 2. The highest BCUT2D eigenvalue weighted by Crippen LogP contribution is 2.50. The molecule has 1 saturated heterocycles. The number of hydrogen-bond donors (Lipinski definition) is 4. The van der Waals surface area contributed by atoms with Crippen molar-refractivity contribution in [2.45, 2.75) is 90.5 Å². The van der Waals surface area contributed by atoms with Crippen LogP contribution in [0.3, 0.4) is 0 Å². The van der Waals surface area contributed by atoms with Crippen molar-refractivity contribution in [3.05, 3.63) is 84.7 Å². The van der Waals surface area contributed by atoms with E-state index in [1.807, 2.05) is 38.8 Å². The van der Waals surface area contributed by atoms with E-state index in [0.29, 0.717) is 18.3 Å². The molecule has 2 aromatic heterocycles. The molecule has 1 aliphatic carbocycles. The SMILES string of the molecule is CCCN(C(=O)[C@H](C)NC(=O)OC)[C@@H](C)c1ncc(-c2ccc(-c3ccc4cc(-c5cnc([C@@H]6[C@H]7CC[C@H](C7)N6C(=O)[C@@H](NC(=O)OC)C(C)C)[nH]5)ccc4c3)cc2)[nH]1. The normalized spacial score (nSPS) is 18.7. The van der Waals surface area contributed by atoms with Gasteiger partial charge in [0.25, 0.3) is 0 Å². The van der Waals surface area contributed by atoms with Gasteiger partial charge in [0, 0.05) is 18.2 Å². The van der Waals surface area contributed by atoms with Crippen LogP contribution in [0.2, 0.25) is 0 Å². The lowest BCUT2D eigenvalue weighted by molar-refractivity contribution is -0.139. The van der Waals surface area contributed by atoms with Crippen LogP contribution in [0.1, 0.15) is 84.0 Å². The molecule has 14 heteroatoms. The number of nitrogens with one attached hydrogen (secondary N) is 4. The van der Waals surface area contributed by atoms with E-state index in [4.69, 9.17) is 9.72 Å². The largest absolute Gasteiger partial charge is 0.453 e. The minimum absolute atomic E-state index is 0.0935. The van der Waals surface area contributed by atoms with Crippen LogP contribution in [0.25, 0.3) is 44.4 Å². The van der Waals surface area contributed by atoms with Gasteiger partial charge in [-0.2, -0.15) is 0 Å². The van der Waals surface area contributed by atoms with Gasteiger partial charge in [-0.3, -0.25) is 9.59 Å². The van der Waals surface area contributed by atoms with E-state index in [1.54, 1.807) is 18.0 Å². The number of benzene rings is 3. The number of hydrogen-bond acceptors (Lipinski definition) is 8. The first-order valence-corrected chi connectivity index (χ1v) is 20.5. The number of alkyl carbamates (subject to hydrolysis) is 2. The molecule has 2 bridgehead atoms. The zero-order chi connectivity index (χ0) is 42.0. The summed E-state index contributed by atoms with van der Waals surface area (Å²) < 4.78 is 9.49. The fraction of sp³-hybridized carbons (Fsp3) is 0.422. The van der Waals surface area contributed by atoms with Gasteiger partial charge in [-0.25, -0.2) is 19.6 Å². The molecule has 0 radical (unpaired) electrons. The number of likely N-dealkylation sites (tertiary alicyclic amines) is 1. The van der Waals surface area contributed by atoms with Crippen LogP contribution in [-0.2, 0) is 19.1 Å². The lowest BCUT2D eigenvalue weighted by Gasteiger charge is -2.37. The van der Waals surface area contributed by atoms with Crippen molar-refractivity contribution in [2.75, 3.05) is 20.8 Å². The smallest absolute Gasteiger partial charge is 0.407 e. The number of carbonyl (C=O) groups excluding carboxylic acids is 4. The Balaban J connectivity index is 1.04. The summed E-state index contributed by atoms with van der Waals surface area (Å²) in [6.45, 7) is 9.94. The summed E-state index contributed by atoms with van der Waals surface area (Å²) in [5, 5.41) is 7.52. The quantitative estimate of drug-likeness (QED) is 0.0935. The summed E-state index contributed by atoms with van der Waals surface area (Å²) in [5.41, 5.74) is 5.86. The fourth-order valence-electron chi connectivity index (χ4n) is 8.71. The van der Waals surface area contributed by atoms with Crippen LogP contribution in [0.5, 0.6) is 0 Å². The van der Waals surface area contributed by atoms with Gasteiger partial charge in [-0.05, 0) is 91.0 Å². The maximum Gasteiger partial charge on any atom is 0.407 e. The zero-order valence-corrected chi connectivity index (χ0v) is 34.7. The standard InChI is InChI=1S/C45H54N8O6/c1-8-19-52(42(54)26(4)48-44(56)58-6)27(5)40-46-23-36(49-40)29-11-9-28(10-12-29)30-13-14-32-21-33(16-15-31(32)20-30)37-24-47-41(50-37)39-34-17-18-35(22-34)53(39)43(55)38(25(2)3)51-45(57)59-7/h9-16,20-21,23-27,34-35,38-39H,8,17-19,22H2,1-7H3,(H,46,49)(H,47,50)(H,48,56)(H,51,57)/t26-,27-,34-,35+,38-,39-/m0/s1. The van der Waals surface area contributed by atoms with Crippen molar-refractivity contribution < 1.29 is 28.7 Å². The molecule has 59 heavy (non-hydrogen) atoms. The molecule has 14 nitrogen and oxygen atoms in total. The van der Waals surface area contributed by atoms with Gasteiger partial charge in [0.2, 0.25) is 11.8 Å². The van der Waals surface area contributed by atoms with E-state index in [-0.39, 0.29) is 35.9 Å². The molecule has 5 aromatic rings. The topological polar surface area (TPSA) is 175 Å². The average molecular weight is 803 g/mol. The summed E-state index contributed by atoms with van der Waals surface area (Å²) >= 11 is 0. The van der Waals surface area contributed by atoms with Crippen molar-refractivity contribution in [2.24, 2.45) is 11.8 Å². The summed E-state index contributed by atoms with van der Waals surface area (Å²) in [4.78, 5) is 71.1. The Morgan fingerprint density at radius 1 is 0.797 bits per heavy atom.